The zero-order valence-corrected chi connectivity index (χ0v) is 11.7. The molecule has 0 heterocycles. The molecular formula is C11H13Br2NO. The Morgan fingerprint density at radius 3 is 2.87 bits per heavy atom. The van der Waals surface area contributed by atoms with Crippen LogP contribution in [0.5, 0.6) is 5.75 Å². The Kier molecular flexibility index (Phi) is 5.36. The van der Waals surface area contributed by atoms with Crippen molar-refractivity contribution in [3.63, 3.8) is 0 Å². The second-order valence-corrected chi connectivity index (χ2v) is 5.05. The van der Waals surface area contributed by atoms with Crippen molar-refractivity contribution >= 4 is 31.9 Å². The number of rotatable bonds is 5. The van der Waals surface area contributed by atoms with Crippen molar-refractivity contribution in [2.75, 3.05) is 13.7 Å². The molecule has 15 heavy (non-hydrogen) atoms. The summed E-state index contributed by atoms with van der Waals surface area (Å²) in [5.74, 6) is 0.868. The lowest BCUT2D eigenvalue weighted by molar-refractivity contribution is 0.414. The van der Waals surface area contributed by atoms with Crippen LogP contribution >= 0.6 is 31.9 Å². The first-order valence-corrected chi connectivity index (χ1v) is 6.08. The van der Waals surface area contributed by atoms with E-state index >= 15 is 0 Å². The van der Waals surface area contributed by atoms with E-state index in [-0.39, 0.29) is 0 Å². The smallest absolute Gasteiger partial charge is 0.119 e. The van der Waals surface area contributed by atoms with Crippen LogP contribution in [0.2, 0.25) is 0 Å². The average Bonchev–Trinajstić information content (AvgIpc) is 2.20. The Balaban J connectivity index is 2.62. The van der Waals surface area contributed by atoms with E-state index in [2.05, 4.69) is 43.8 Å². The summed E-state index contributed by atoms with van der Waals surface area (Å²) in [5.41, 5.74) is 1.17. The third-order valence-corrected chi connectivity index (χ3v) is 2.94. The molecule has 4 heteroatoms. The average molecular weight is 335 g/mol. The molecule has 1 aromatic carbocycles. The predicted molar refractivity (Wildman–Crippen MR) is 70.5 cm³/mol. The lowest BCUT2D eigenvalue weighted by Crippen LogP contribution is -2.14. The molecule has 0 aliphatic carbocycles. The molecule has 82 valence electrons. The summed E-state index contributed by atoms with van der Waals surface area (Å²) in [4.78, 5) is 0. The molecule has 0 bridgehead atoms. The second-order valence-electron chi connectivity index (χ2n) is 3.08. The first-order chi connectivity index (χ1) is 7.13. The monoisotopic (exact) mass is 333 g/mol. The molecule has 0 aliphatic rings. The maximum absolute atomic E-state index is 5.16. The minimum absolute atomic E-state index is 0.754. The van der Waals surface area contributed by atoms with E-state index in [1.807, 2.05) is 18.2 Å². The van der Waals surface area contributed by atoms with Gasteiger partial charge in [-0.1, -0.05) is 38.4 Å². The number of hydrogen-bond donors (Lipinski definition) is 1. The fourth-order valence-electron chi connectivity index (χ4n) is 1.15. The molecule has 1 rings (SSSR count). The van der Waals surface area contributed by atoms with E-state index in [4.69, 9.17) is 4.74 Å². The lowest BCUT2D eigenvalue weighted by atomic mass is 10.2. The van der Waals surface area contributed by atoms with Crippen LogP contribution in [-0.4, -0.2) is 13.7 Å². The molecule has 0 saturated heterocycles. The molecule has 0 spiro atoms. The van der Waals surface area contributed by atoms with E-state index in [0.29, 0.717) is 0 Å². The summed E-state index contributed by atoms with van der Waals surface area (Å²) < 4.78 is 7.19. The molecule has 0 aromatic heterocycles. The largest absolute Gasteiger partial charge is 0.497 e. The topological polar surface area (TPSA) is 21.3 Å². The van der Waals surface area contributed by atoms with E-state index < -0.39 is 0 Å². The Labute approximate surface area is 107 Å². The van der Waals surface area contributed by atoms with Crippen molar-refractivity contribution in [3.8, 4) is 5.75 Å². The van der Waals surface area contributed by atoms with Gasteiger partial charge in [0.1, 0.15) is 5.75 Å². The summed E-state index contributed by atoms with van der Waals surface area (Å²) >= 11 is 6.80. The minimum atomic E-state index is 0.754. The van der Waals surface area contributed by atoms with Crippen molar-refractivity contribution in [3.05, 3.63) is 39.3 Å². The number of ether oxygens (including phenoxy) is 1. The molecule has 0 atom stereocenters. The fraction of sp³-hybridized carbons (Fsp3) is 0.273. The fourth-order valence-corrected chi connectivity index (χ4v) is 1.73. The Morgan fingerprint density at radius 1 is 1.53 bits per heavy atom. The van der Waals surface area contributed by atoms with Gasteiger partial charge in [-0.25, -0.2) is 0 Å². The molecule has 2 nitrogen and oxygen atoms in total. The summed E-state index contributed by atoms with van der Waals surface area (Å²) in [5, 5.41) is 3.26. The number of hydrogen-bond acceptors (Lipinski definition) is 2. The molecule has 0 fully saturated rings. The lowest BCUT2D eigenvalue weighted by Gasteiger charge is -2.08. The van der Waals surface area contributed by atoms with Gasteiger partial charge in [0, 0.05) is 22.0 Å². The number of methoxy groups -OCH3 is 1. The van der Waals surface area contributed by atoms with Crippen LogP contribution in [-0.2, 0) is 6.54 Å². The maximum atomic E-state index is 5.16. The van der Waals surface area contributed by atoms with Crippen LogP contribution in [0.3, 0.4) is 0 Å². The maximum Gasteiger partial charge on any atom is 0.119 e. The van der Waals surface area contributed by atoms with Gasteiger partial charge in [-0.05, 0) is 23.8 Å². The second kappa shape index (κ2) is 6.30. The van der Waals surface area contributed by atoms with Crippen LogP contribution < -0.4 is 10.1 Å². The predicted octanol–water partition coefficient (Wildman–Crippen LogP) is 3.46. The van der Waals surface area contributed by atoms with Crippen molar-refractivity contribution in [2.24, 2.45) is 0 Å². The first-order valence-electron chi connectivity index (χ1n) is 4.50. The number of benzene rings is 1. The van der Waals surface area contributed by atoms with Crippen molar-refractivity contribution in [1.29, 1.82) is 0 Å². The molecule has 1 N–H and O–H groups in total. The highest BCUT2D eigenvalue weighted by Crippen LogP contribution is 2.22. The van der Waals surface area contributed by atoms with Gasteiger partial charge in [-0.3, -0.25) is 0 Å². The first kappa shape index (κ1) is 12.7. The summed E-state index contributed by atoms with van der Waals surface area (Å²) in [6.07, 6.45) is 0. The van der Waals surface area contributed by atoms with Gasteiger partial charge >= 0.3 is 0 Å². The van der Waals surface area contributed by atoms with E-state index in [9.17, 15) is 0 Å². The number of nitrogens with one attached hydrogen (secondary N) is 1. The van der Waals surface area contributed by atoms with Crippen LogP contribution in [0, 0.1) is 0 Å². The van der Waals surface area contributed by atoms with Crippen LogP contribution in [0.1, 0.15) is 5.56 Å². The van der Waals surface area contributed by atoms with Crippen LogP contribution in [0.15, 0.2) is 33.7 Å². The Morgan fingerprint density at radius 2 is 2.27 bits per heavy atom. The normalized spacial score (nSPS) is 10.1. The molecule has 0 saturated carbocycles. The minimum Gasteiger partial charge on any atom is -0.497 e. The van der Waals surface area contributed by atoms with E-state index in [1.165, 1.54) is 5.56 Å². The zero-order valence-electron chi connectivity index (χ0n) is 8.52. The molecular weight excluding hydrogens is 322 g/mol. The standard InChI is InChI=1S/C11H13Br2NO/c1-8(12)6-14-7-9-5-10(15-2)3-4-11(9)13/h3-5,14H,1,6-7H2,2H3. The van der Waals surface area contributed by atoms with Crippen LogP contribution in [0.4, 0.5) is 0 Å². The SMILES string of the molecule is C=C(Br)CNCc1cc(OC)ccc1Br. The van der Waals surface area contributed by atoms with Gasteiger partial charge in [0.15, 0.2) is 0 Å². The quantitative estimate of drug-likeness (QED) is 0.890. The molecule has 1 aromatic rings. The molecule has 0 amide bonds. The van der Waals surface area contributed by atoms with Gasteiger partial charge in [0.25, 0.3) is 0 Å². The van der Waals surface area contributed by atoms with E-state index in [0.717, 1.165) is 27.8 Å². The zero-order chi connectivity index (χ0) is 11.3. The van der Waals surface area contributed by atoms with Gasteiger partial charge < -0.3 is 10.1 Å². The van der Waals surface area contributed by atoms with Crippen molar-refractivity contribution in [2.45, 2.75) is 6.54 Å². The highest BCUT2D eigenvalue weighted by Gasteiger charge is 2.01. The highest BCUT2D eigenvalue weighted by atomic mass is 79.9. The van der Waals surface area contributed by atoms with Gasteiger partial charge in [-0.15, -0.1) is 0 Å². The summed E-state index contributed by atoms with van der Waals surface area (Å²) in [6, 6.07) is 5.92. The summed E-state index contributed by atoms with van der Waals surface area (Å²) in [7, 11) is 1.67. The Hall–Kier alpha value is -0.320. The molecule has 0 aliphatic heterocycles. The van der Waals surface area contributed by atoms with Crippen molar-refractivity contribution < 1.29 is 4.74 Å². The molecule has 0 radical (unpaired) electrons. The van der Waals surface area contributed by atoms with Crippen LogP contribution in [0.25, 0.3) is 0 Å². The third-order valence-electron chi connectivity index (χ3n) is 1.89. The van der Waals surface area contributed by atoms with Crippen molar-refractivity contribution in [1.82, 2.24) is 5.32 Å². The van der Waals surface area contributed by atoms with Gasteiger partial charge in [0.2, 0.25) is 0 Å². The van der Waals surface area contributed by atoms with Gasteiger partial charge in [0.05, 0.1) is 7.11 Å². The number of halogens is 2. The third kappa shape index (κ3) is 4.36. The van der Waals surface area contributed by atoms with E-state index in [1.54, 1.807) is 7.11 Å². The highest BCUT2D eigenvalue weighted by molar-refractivity contribution is 9.11. The summed E-state index contributed by atoms with van der Waals surface area (Å²) in [6.45, 7) is 5.29. The van der Waals surface area contributed by atoms with Gasteiger partial charge in [-0.2, -0.15) is 0 Å². The Bertz CT molecular complexity index is 352. The molecule has 0 unspecified atom stereocenters.